The highest BCUT2D eigenvalue weighted by Gasteiger charge is 2.30. The molecule has 1 saturated heterocycles. The Labute approximate surface area is 158 Å². The lowest BCUT2D eigenvalue weighted by atomic mass is 10.2. The van der Waals surface area contributed by atoms with Gasteiger partial charge in [0.15, 0.2) is 0 Å². The molecule has 3 aromatic rings. The number of hydrogen-bond donors (Lipinski definition) is 2. The summed E-state index contributed by atoms with van der Waals surface area (Å²) in [6.45, 7) is 0.986. The molecule has 0 bridgehead atoms. The Kier molecular flexibility index (Phi) is 4.69. The second kappa shape index (κ2) is 7.15. The van der Waals surface area contributed by atoms with Crippen LogP contribution in [0.15, 0.2) is 36.4 Å². The molecule has 1 aromatic carbocycles. The van der Waals surface area contributed by atoms with Crippen LogP contribution < -0.4 is 5.32 Å². The average Bonchev–Trinajstić information content (AvgIpc) is 3.35. The number of anilines is 2. The number of benzene rings is 1. The van der Waals surface area contributed by atoms with E-state index in [1.54, 1.807) is 6.07 Å². The van der Waals surface area contributed by atoms with Crippen LogP contribution in [-0.2, 0) is 6.54 Å². The summed E-state index contributed by atoms with van der Waals surface area (Å²) >= 11 is 0.984. The largest absolute Gasteiger partial charge is 0.465 e. The highest BCUT2D eigenvalue weighted by Crippen LogP contribution is 2.33. The van der Waals surface area contributed by atoms with Gasteiger partial charge in [0.05, 0.1) is 27.0 Å². The van der Waals surface area contributed by atoms with Crippen LogP contribution in [0, 0.1) is 0 Å². The maximum Gasteiger partial charge on any atom is 0.407 e. The summed E-state index contributed by atoms with van der Waals surface area (Å²) in [6.07, 6.45) is -1.81. The molecule has 4 rings (SSSR count). The van der Waals surface area contributed by atoms with Crippen LogP contribution in [0.4, 0.5) is 24.5 Å². The van der Waals surface area contributed by atoms with Crippen LogP contribution >= 0.6 is 11.3 Å². The van der Waals surface area contributed by atoms with Crippen LogP contribution in [0.2, 0.25) is 0 Å². The lowest BCUT2D eigenvalue weighted by Crippen LogP contribution is -2.37. The van der Waals surface area contributed by atoms with E-state index in [1.165, 1.54) is 11.0 Å². The van der Waals surface area contributed by atoms with Gasteiger partial charge in [-0.25, -0.2) is 18.6 Å². The van der Waals surface area contributed by atoms with Crippen LogP contribution in [-0.4, -0.2) is 38.2 Å². The topological polar surface area (TPSA) is 70.4 Å². The fourth-order valence-corrected chi connectivity index (χ4v) is 4.25. The van der Waals surface area contributed by atoms with Crippen molar-refractivity contribution in [2.75, 3.05) is 11.9 Å². The van der Waals surface area contributed by atoms with Gasteiger partial charge in [-0.05, 0) is 37.1 Å². The zero-order valence-electron chi connectivity index (χ0n) is 14.3. The molecule has 1 fully saturated rings. The van der Waals surface area contributed by atoms with Gasteiger partial charge in [-0.3, -0.25) is 0 Å². The highest BCUT2D eigenvalue weighted by atomic mass is 32.1. The highest BCUT2D eigenvalue weighted by molar-refractivity contribution is 7.16. The van der Waals surface area contributed by atoms with Gasteiger partial charge in [-0.2, -0.15) is 0 Å². The molecule has 0 unspecified atom stereocenters. The summed E-state index contributed by atoms with van der Waals surface area (Å²) in [7, 11) is 0. The smallest absolute Gasteiger partial charge is 0.407 e. The summed E-state index contributed by atoms with van der Waals surface area (Å²) in [6, 6.07) is 10.4. The first-order valence-electron chi connectivity index (χ1n) is 8.62. The van der Waals surface area contributed by atoms with Gasteiger partial charge in [0.1, 0.15) is 0 Å². The van der Waals surface area contributed by atoms with Gasteiger partial charge in [0.2, 0.25) is 5.95 Å². The van der Waals surface area contributed by atoms with Crippen molar-refractivity contribution in [2.45, 2.75) is 31.9 Å². The summed E-state index contributed by atoms with van der Waals surface area (Å²) < 4.78 is 27.6. The Morgan fingerprint density at radius 2 is 2.15 bits per heavy atom. The first-order valence-corrected chi connectivity index (χ1v) is 9.44. The SMILES string of the molecule is O=C(O)N1CCC[C@H]1Cn1c(Nc2ccc(C(F)F)s2)nc2ccccc21. The molecule has 1 aliphatic heterocycles. The number of thiophene rings is 1. The minimum Gasteiger partial charge on any atom is -0.465 e. The Hall–Kier alpha value is -2.68. The molecule has 0 saturated carbocycles. The average molecular weight is 392 g/mol. The quantitative estimate of drug-likeness (QED) is 0.646. The van der Waals surface area contributed by atoms with E-state index in [9.17, 15) is 18.7 Å². The molecule has 0 radical (unpaired) electrons. The Morgan fingerprint density at radius 1 is 1.33 bits per heavy atom. The number of aromatic nitrogens is 2. The van der Waals surface area contributed by atoms with E-state index in [2.05, 4.69) is 10.3 Å². The van der Waals surface area contributed by atoms with Crippen LogP contribution in [0.25, 0.3) is 11.0 Å². The number of imidazole rings is 1. The summed E-state index contributed by atoms with van der Waals surface area (Å²) in [5, 5.41) is 13.1. The van der Waals surface area contributed by atoms with Crippen LogP contribution in [0.1, 0.15) is 24.1 Å². The van der Waals surface area contributed by atoms with Gasteiger partial charge < -0.3 is 19.9 Å². The number of para-hydroxylation sites is 2. The van der Waals surface area contributed by atoms with Gasteiger partial charge in [-0.1, -0.05) is 12.1 Å². The molecule has 3 heterocycles. The predicted octanol–water partition coefficient (Wildman–Crippen LogP) is 4.92. The maximum absolute atomic E-state index is 12.9. The molecule has 6 nitrogen and oxygen atoms in total. The number of hydrogen-bond acceptors (Lipinski definition) is 4. The second-order valence-electron chi connectivity index (χ2n) is 6.43. The van der Waals surface area contributed by atoms with Crippen molar-refractivity contribution in [2.24, 2.45) is 0 Å². The van der Waals surface area contributed by atoms with Crippen molar-refractivity contribution in [3.8, 4) is 0 Å². The predicted molar refractivity (Wildman–Crippen MR) is 100 cm³/mol. The Morgan fingerprint density at radius 3 is 2.89 bits per heavy atom. The van der Waals surface area contributed by atoms with Crippen molar-refractivity contribution in [1.82, 2.24) is 14.5 Å². The lowest BCUT2D eigenvalue weighted by molar-refractivity contribution is 0.136. The third-order valence-corrected chi connectivity index (χ3v) is 5.76. The number of fused-ring (bicyclic) bond motifs is 1. The fourth-order valence-electron chi connectivity index (χ4n) is 3.49. The van der Waals surface area contributed by atoms with Crippen LogP contribution in [0.3, 0.4) is 0 Å². The molecule has 1 aliphatic rings. The van der Waals surface area contributed by atoms with E-state index in [4.69, 9.17) is 0 Å². The molecule has 2 N–H and O–H groups in total. The van der Waals surface area contributed by atoms with Gasteiger partial charge in [0.25, 0.3) is 6.43 Å². The fraction of sp³-hybridized carbons (Fsp3) is 0.333. The van der Waals surface area contributed by atoms with Gasteiger partial charge in [0, 0.05) is 13.1 Å². The van der Waals surface area contributed by atoms with Crippen LogP contribution in [0.5, 0.6) is 0 Å². The molecular weight excluding hydrogens is 374 g/mol. The van der Waals surface area contributed by atoms with Crippen molar-refractivity contribution in [3.63, 3.8) is 0 Å². The monoisotopic (exact) mass is 392 g/mol. The number of carbonyl (C=O) groups is 1. The van der Waals surface area contributed by atoms with Crippen molar-refractivity contribution in [1.29, 1.82) is 0 Å². The maximum atomic E-state index is 12.9. The minimum atomic E-state index is -2.51. The summed E-state index contributed by atoms with van der Waals surface area (Å²) in [4.78, 5) is 17.5. The van der Waals surface area contributed by atoms with E-state index < -0.39 is 12.5 Å². The van der Waals surface area contributed by atoms with E-state index in [0.29, 0.717) is 24.0 Å². The Balaban J connectivity index is 1.67. The third kappa shape index (κ3) is 3.46. The first kappa shape index (κ1) is 17.7. The van der Waals surface area contributed by atoms with Crippen molar-refractivity contribution < 1.29 is 18.7 Å². The van der Waals surface area contributed by atoms with E-state index in [-0.39, 0.29) is 10.9 Å². The van der Waals surface area contributed by atoms with E-state index >= 15 is 0 Å². The molecule has 2 aromatic heterocycles. The molecule has 1 amide bonds. The number of halogens is 2. The molecule has 1 atom stereocenters. The summed E-state index contributed by atoms with van der Waals surface area (Å²) in [5.41, 5.74) is 1.65. The van der Waals surface area contributed by atoms with Gasteiger partial charge in [-0.15, -0.1) is 11.3 Å². The molecule has 142 valence electrons. The van der Waals surface area contributed by atoms with E-state index in [0.717, 1.165) is 35.2 Å². The number of rotatable bonds is 5. The minimum absolute atomic E-state index is 0.00648. The number of nitrogens with one attached hydrogen (secondary N) is 1. The third-order valence-electron chi connectivity index (χ3n) is 4.75. The zero-order chi connectivity index (χ0) is 19.0. The molecule has 0 aliphatic carbocycles. The second-order valence-corrected chi connectivity index (χ2v) is 7.55. The molecule has 0 spiro atoms. The number of alkyl halides is 2. The normalized spacial score (nSPS) is 17.1. The summed E-state index contributed by atoms with van der Waals surface area (Å²) in [5.74, 6) is 0.524. The number of likely N-dealkylation sites (tertiary alicyclic amines) is 1. The standard InChI is InChI=1S/C18H18F2N4O2S/c19-16(20)14-7-8-15(27-14)22-17-21-12-5-1-2-6-13(12)24(17)10-11-4-3-9-23(11)18(25)26/h1-2,5-8,11,16H,3-4,9-10H2,(H,21,22)(H,25,26)/t11-/m0/s1. The zero-order valence-corrected chi connectivity index (χ0v) is 15.1. The van der Waals surface area contributed by atoms with Crippen molar-refractivity contribution >= 4 is 39.4 Å². The molecule has 27 heavy (non-hydrogen) atoms. The number of amides is 1. The molecular formula is C18H18F2N4O2S. The number of nitrogens with zero attached hydrogens (tertiary/aromatic N) is 3. The van der Waals surface area contributed by atoms with E-state index in [1.807, 2.05) is 28.8 Å². The number of carboxylic acid groups (broad SMARTS) is 1. The Bertz CT molecular complexity index is 971. The first-order chi connectivity index (χ1) is 13.0. The van der Waals surface area contributed by atoms with Crippen molar-refractivity contribution in [3.05, 3.63) is 41.3 Å². The molecule has 9 heteroatoms. The lowest BCUT2D eigenvalue weighted by Gasteiger charge is -2.23. The van der Waals surface area contributed by atoms with Gasteiger partial charge >= 0.3 is 6.09 Å².